The van der Waals surface area contributed by atoms with Crippen molar-refractivity contribution in [2.75, 3.05) is 0 Å². The van der Waals surface area contributed by atoms with E-state index in [1.165, 1.54) is 93.5 Å². The molecule has 10 aromatic rings. The largest absolute Gasteiger partial charge is 0.309 e. The van der Waals surface area contributed by atoms with Gasteiger partial charge in [0, 0.05) is 38.3 Å². The van der Waals surface area contributed by atoms with Gasteiger partial charge in [-0.05, 0) is 92.7 Å². The number of benzene rings is 8. The number of hydrogen-bond donors (Lipinski definition) is 0. The van der Waals surface area contributed by atoms with Crippen molar-refractivity contribution in [1.29, 1.82) is 0 Å². The average molecular weight is 651 g/mol. The van der Waals surface area contributed by atoms with Gasteiger partial charge < -0.3 is 9.13 Å². The van der Waals surface area contributed by atoms with Crippen molar-refractivity contribution in [2.24, 2.45) is 0 Å². The summed E-state index contributed by atoms with van der Waals surface area (Å²) < 4.78 is 4.92. The molecule has 2 aromatic heterocycles. The van der Waals surface area contributed by atoms with Gasteiger partial charge in [0.05, 0.1) is 22.1 Å². The lowest BCUT2D eigenvalue weighted by molar-refractivity contribution is 0.660. The molecule has 0 unspecified atom stereocenters. The van der Waals surface area contributed by atoms with E-state index in [0.717, 1.165) is 5.69 Å². The number of rotatable bonds is 3. The van der Waals surface area contributed by atoms with Crippen LogP contribution in [0.1, 0.15) is 25.0 Å². The van der Waals surface area contributed by atoms with E-state index in [1.807, 2.05) is 0 Å². The zero-order valence-corrected chi connectivity index (χ0v) is 28.6. The van der Waals surface area contributed by atoms with Gasteiger partial charge in [-0.1, -0.05) is 135 Å². The summed E-state index contributed by atoms with van der Waals surface area (Å²) in [4.78, 5) is 0. The number of para-hydroxylation sites is 2. The molecule has 8 aromatic carbocycles. The Labute approximate surface area is 296 Å². The minimum absolute atomic E-state index is 0.0439. The summed E-state index contributed by atoms with van der Waals surface area (Å²) in [5.41, 5.74) is 15.2. The zero-order chi connectivity index (χ0) is 33.8. The van der Waals surface area contributed by atoms with E-state index in [0.29, 0.717) is 0 Å². The Bertz CT molecular complexity index is 3040. The van der Waals surface area contributed by atoms with E-state index in [1.54, 1.807) is 0 Å². The van der Waals surface area contributed by atoms with Crippen LogP contribution in [0, 0.1) is 0 Å². The van der Waals surface area contributed by atoms with Gasteiger partial charge in [0.2, 0.25) is 0 Å². The van der Waals surface area contributed by atoms with Gasteiger partial charge in [0.1, 0.15) is 0 Å². The fourth-order valence-electron chi connectivity index (χ4n) is 9.19. The molecule has 51 heavy (non-hydrogen) atoms. The molecule has 1 aliphatic carbocycles. The third-order valence-electron chi connectivity index (χ3n) is 11.5. The molecule has 0 radical (unpaired) electrons. The van der Waals surface area contributed by atoms with Crippen LogP contribution in [0.25, 0.3) is 88.0 Å². The van der Waals surface area contributed by atoms with Crippen molar-refractivity contribution in [3.63, 3.8) is 0 Å². The van der Waals surface area contributed by atoms with Crippen LogP contribution in [-0.2, 0) is 5.41 Å². The van der Waals surface area contributed by atoms with Crippen molar-refractivity contribution in [1.82, 2.24) is 9.13 Å². The molecule has 0 spiro atoms. The van der Waals surface area contributed by atoms with Crippen LogP contribution in [0.5, 0.6) is 0 Å². The molecule has 0 fully saturated rings. The number of aromatic nitrogens is 2. The lowest BCUT2D eigenvalue weighted by atomic mass is 9.82. The molecule has 240 valence electrons. The van der Waals surface area contributed by atoms with Gasteiger partial charge in [0.25, 0.3) is 0 Å². The van der Waals surface area contributed by atoms with Crippen molar-refractivity contribution >= 4 is 54.4 Å². The predicted octanol–water partition coefficient (Wildman–Crippen LogP) is 13.0. The Kier molecular flexibility index (Phi) is 5.76. The predicted molar refractivity (Wildman–Crippen MR) is 216 cm³/mol. The van der Waals surface area contributed by atoms with Crippen LogP contribution in [-0.4, -0.2) is 9.13 Å². The minimum Gasteiger partial charge on any atom is -0.309 e. The van der Waals surface area contributed by atoms with Crippen molar-refractivity contribution in [3.05, 3.63) is 181 Å². The normalized spacial score (nSPS) is 13.5. The molecule has 0 atom stereocenters. The quantitative estimate of drug-likeness (QED) is 0.180. The summed E-state index contributed by atoms with van der Waals surface area (Å²) in [5.74, 6) is 0. The third kappa shape index (κ3) is 3.88. The topological polar surface area (TPSA) is 9.86 Å². The summed E-state index contributed by atoms with van der Waals surface area (Å²) in [6.45, 7) is 4.71. The lowest BCUT2D eigenvalue weighted by Gasteiger charge is -2.21. The molecule has 2 nitrogen and oxygen atoms in total. The zero-order valence-electron chi connectivity index (χ0n) is 28.6. The standard InChI is InChI=1S/C49H34N2/c1-49(2)41-23-10-8-21-38(41)47-36(22-13-24-42(47)49)32-15-12-18-34(28-32)51-44-27-26-31-14-6-7-19-35(31)48(44)40-30-45-39(29-46(40)51)37-20-9-11-25-43(37)50(45)33-16-4-3-5-17-33/h3-30H,1-2H3. The summed E-state index contributed by atoms with van der Waals surface area (Å²) in [6.07, 6.45) is 0. The highest BCUT2D eigenvalue weighted by Crippen LogP contribution is 2.52. The summed E-state index contributed by atoms with van der Waals surface area (Å²) in [6, 6.07) is 62.8. The van der Waals surface area contributed by atoms with Crippen molar-refractivity contribution in [3.8, 4) is 33.6 Å². The first kappa shape index (κ1) is 28.5. The number of hydrogen-bond acceptors (Lipinski definition) is 0. The maximum absolute atomic E-state index is 2.50. The molecule has 1 aliphatic rings. The Hall–Kier alpha value is -6.38. The molecule has 0 saturated heterocycles. The van der Waals surface area contributed by atoms with Crippen LogP contribution in [0.15, 0.2) is 170 Å². The first-order chi connectivity index (χ1) is 25.1. The fourth-order valence-corrected chi connectivity index (χ4v) is 9.19. The molecule has 0 amide bonds. The van der Waals surface area contributed by atoms with Crippen LogP contribution >= 0.6 is 0 Å². The Morgan fingerprint density at radius 3 is 1.94 bits per heavy atom. The summed E-state index contributed by atoms with van der Waals surface area (Å²) in [5, 5.41) is 7.59. The van der Waals surface area contributed by atoms with Crippen LogP contribution in [0.2, 0.25) is 0 Å². The molecule has 2 heteroatoms. The molecule has 0 aliphatic heterocycles. The third-order valence-corrected chi connectivity index (χ3v) is 11.5. The average Bonchev–Trinajstić information content (AvgIpc) is 3.77. The summed E-state index contributed by atoms with van der Waals surface area (Å²) >= 11 is 0. The van der Waals surface area contributed by atoms with Crippen molar-refractivity contribution < 1.29 is 0 Å². The smallest absolute Gasteiger partial charge is 0.0549 e. The lowest BCUT2D eigenvalue weighted by Crippen LogP contribution is -2.14. The molecular formula is C49H34N2. The van der Waals surface area contributed by atoms with Gasteiger partial charge in [-0.3, -0.25) is 0 Å². The monoisotopic (exact) mass is 650 g/mol. The molecule has 0 saturated carbocycles. The van der Waals surface area contributed by atoms with E-state index in [4.69, 9.17) is 0 Å². The van der Waals surface area contributed by atoms with Gasteiger partial charge in [-0.15, -0.1) is 0 Å². The number of nitrogens with zero attached hydrogens (tertiary/aromatic N) is 2. The molecule has 11 rings (SSSR count). The van der Waals surface area contributed by atoms with Gasteiger partial charge in [-0.2, -0.15) is 0 Å². The maximum Gasteiger partial charge on any atom is 0.0549 e. The first-order valence-corrected chi connectivity index (χ1v) is 17.9. The van der Waals surface area contributed by atoms with Crippen LogP contribution < -0.4 is 0 Å². The van der Waals surface area contributed by atoms with Crippen molar-refractivity contribution in [2.45, 2.75) is 19.3 Å². The SMILES string of the molecule is CC1(C)c2ccccc2-c2c(-c3cccc(-n4c5cc6c7ccccc7n(-c7ccccc7)c6cc5c5c6ccccc6ccc54)c3)cccc21. The highest BCUT2D eigenvalue weighted by Gasteiger charge is 2.36. The Morgan fingerprint density at radius 2 is 1.04 bits per heavy atom. The molecule has 0 bridgehead atoms. The first-order valence-electron chi connectivity index (χ1n) is 17.9. The fraction of sp³-hybridized carbons (Fsp3) is 0.0612. The second kappa shape index (κ2) is 10.3. The maximum atomic E-state index is 2.50. The second-order valence-electron chi connectivity index (χ2n) is 14.5. The molecule has 2 heterocycles. The van der Waals surface area contributed by atoms with Crippen LogP contribution in [0.3, 0.4) is 0 Å². The highest BCUT2D eigenvalue weighted by molar-refractivity contribution is 6.25. The van der Waals surface area contributed by atoms with Gasteiger partial charge in [-0.25, -0.2) is 0 Å². The second-order valence-corrected chi connectivity index (χ2v) is 14.5. The van der Waals surface area contributed by atoms with Gasteiger partial charge >= 0.3 is 0 Å². The molecular weight excluding hydrogens is 617 g/mol. The Morgan fingerprint density at radius 1 is 0.392 bits per heavy atom. The molecule has 0 N–H and O–H groups in total. The van der Waals surface area contributed by atoms with E-state index < -0.39 is 0 Å². The number of fused-ring (bicyclic) bond motifs is 11. The van der Waals surface area contributed by atoms with Crippen LogP contribution in [0.4, 0.5) is 0 Å². The van der Waals surface area contributed by atoms with E-state index >= 15 is 0 Å². The highest BCUT2D eigenvalue weighted by atomic mass is 15.0. The van der Waals surface area contributed by atoms with E-state index in [-0.39, 0.29) is 5.41 Å². The van der Waals surface area contributed by atoms with Gasteiger partial charge in [0.15, 0.2) is 0 Å². The Balaban J connectivity index is 1.23. The summed E-state index contributed by atoms with van der Waals surface area (Å²) in [7, 11) is 0. The van der Waals surface area contributed by atoms with E-state index in [2.05, 4.69) is 193 Å². The minimum atomic E-state index is -0.0439. The van der Waals surface area contributed by atoms with E-state index in [9.17, 15) is 0 Å².